The van der Waals surface area contributed by atoms with Gasteiger partial charge in [0.05, 0.1) is 21.8 Å². The molecular formula is C22H14N4O2S. The third-order valence-electron chi connectivity index (χ3n) is 4.18. The van der Waals surface area contributed by atoms with E-state index in [9.17, 15) is 9.59 Å². The van der Waals surface area contributed by atoms with Crippen LogP contribution in [0.1, 0.15) is 26.3 Å². The molecule has 4 rings (SSSR count). The van der Waals surface area contributed by atoms with E-state index < -0.39 is 0 Å². The van der Waals surface area contributed by atoms with E-state index in [4.69, 9.17) is 5.26 Å². The number of hydrogen-bond donors (Lipinski definition) is 2. The van der Waals surface area contributed by atoms with Crippen LogP contribution in [0, 0.1) is 11.3 Å². The van der Waals surface area contributed by atoms with Gasteiger partial charge in [0.1, 0.15) is 0 Å². The number of carbonyl (C=O) groups excluding carboxylic acids is 2. The molecule has 7 heteroatoms. The van der Waals surface area contributed by atoms with Crippen LogP contribution in [0.4, 0.5) is 10.8 Å². The van der Waals surface area contributed by atoms with Gasteiger partial charge in [-0.15, -0.1) is 0 Å². The van der Waals surface area contributed by atoms with E-state index in [1.54, 1.807) is 60.7 Å². The van der Waals surface area contributed by atoms with Crippen LogP contribution in [0.15, 0.2) is 72.8 Å². The Hall–Kier alpha value is -4.02. The largest absolute Gasteiger partial charge is 0.322 e. The Morgan fingerprint density at radius 2 is 1.55 bits per heavy atom. The van der Waals surface area contributed by atoms with Crippen LogP contribution in [0.2, 0.25) is 0 Å². The van der Waals surface area contributed by atoms with Gasteiger partial charge in [0.25, 0.3) is 11.8 Å². The molecule has 0 aliphatic rings. The third-order valence-corrected chi connectivity index (χ3v) is 5.13. The van der Waals surface area contributed by atoms with Gasteiger partial charge in [-0.25, -0.2) is 4.98 Å². The number of fused-ring (bicyclic) bond motifs is 1. The summed E-state index contributed by atoms with van der Waals surface area (Å²) in [6, 6.07) is 22.7. The van der Waals surface area contributed by atoms with E-state index in [1.165, 1.54) is 11.3 Å². The van der Waals surface area contributed by atoms with Gasteiger partial charge in [0, 0.05) is 16.8 Å². The highest BCUT2D eigenvalue weighted by Crippen LogP contribution is 2.28. The molecule has 0 fully saturated rings. The van der Waals surface area contributed by atoms with Crippen molar-refractivity contribution in [3.8, 4) is 6.07 Å². The number of benzene rings is 3. The van der Waals surface area contributed by atoms with E-state index in [-0.39, 0.29) is 11.8 Å². The minimum absolute atomic E-state index is 0.223. The zero-order valence-electron chi connectivity index (χ0n) is 15.0. The molecule has 140 valence electrons. The summed E-state index contributed by atoms with van der Waals surface area (Å²) in [6.07, 6.45) is 0. The van der Waals surface area contributed by atoms with Gasteiger partial charge < -0.3 is 5.32 Å². The molecule has 3 aromatic carbocycles. The average molecular weight is 398 g/mol. The monoisotopic (exact) mass is 398 g/mol. The second-order valence-corrected chi connectivity index (χ2v) is 7.20. The van der Waals surface area contributed by atoms with Gasteiger partial charge in [-0.2, -0.15) is 5.26 Å². The van der Waals surface area contributed by atoms with Crippen LogP contribution >= 0.6 is 11.3 Å². The second kappa shape index (κ2) is 7.92. The molecule has 0 radical (unpaired) electrons. The zero-order chi connectivity index (χ0) is 20.2. The van der Waals surface area contributed by atoms with Crippen molar-refractivity contribution in [1.82, 2.24) is 4.98 Å². The first-order valence-electron chi connectivity index (χ1n) is 8.71. The maximum atomic E-state index is 12.4. The standard InChI is InChI=1S/C22H14N4O2S/c23-13-14-6-8-16(9-7-14)20(27)24-17-10-11-19-18(12-17)25-22(29-19)26-21(28)15-4-2-1-3-5-15/h1-12H,(H,24,27)(H,25,26,28). The van der Waals surface area contributed by atoms with Crippen LogP contribution < -0.4 is 10.6 Å². The van der Waals surface area contributed by atoms with E-state index in [2.05, 4.69) is 15.6 Å². The zero-order valence-corrected chi connectivity index (χ0v) is 15.9. The van der Waals surface area contributed by atoms with Crippen LogP contribution in [-0.2, 0) is 0 Å². The molecule has 0 spiro atoms. The fourth-order valence-corrected chi connectivity index (χ4v) is 3.56. The highest BCUT2D eigenvalue weighted by Gasteiger charge is 2.11. The lowest BCUT2D eigenvalue weighted by atomic mass is 10.1. The minimum atomic E-state index is -0.276. The number of aromatic nitrogens is 1. The normalized spacial score (nSPS) is 10.3. The Morgan fingerprint density at radius 1 is 0.862 bits per heavy atom. The predicted molar refractivity (Wildman–Crippen MR) is 113 cm³/mol. The van der Waals surface area contributed by atoms with E-state index in [0.29, 0.717) is 33.0 Å². The molecule has 0 aliphatic carbocycles. The SMILES string of the molecule is N#Cc1ccc(C(=O)Nc2ccc3sc(NC(=O)c4ccccc4)nc3c2)cc1. The number of amides is 2. The summed E-state index contributed by atoms with van der Waals surface area (Å²) in [4.78, 5) is 29.1. The number of anilines is 2. The van der Waals surface area contributed by atoms with Crippen LogP contribution in [0.25, 0.3) is 10.2 Å². The summed E-state index contributed by atoms with van der Waals surface area (Å²) in [7, 11) is 0. The minimum Gasteiger partial charge on any atom is -0.322 e. The summed E-state index contributed by atoms with van der Waals surface area (Å²) in [5.41, 5.74) is 2.78. The molecular weight excluding hydrogens is 384 g/mol. The number of nitrogens with one attached hydrogen (secondary N) is 2. The quantitative estimate of drug-likeness (QED) is 0.522. The molecule has 0 aliphatic heterocycles. The van der Waals surface area contributed by atoms with Gasteiger partial charge in [-0.3, -0.25) is 14.9 Å². The van der Waals surface area contributed by atoms with E-state index in [0.717, 1.165) is 4.70 Å². The summed E-state index contributed by atoms with van der Waals surface area (Å²) in [6.45, 7) is 0. The molecule has 0 bridgehead atoms. The van der Waals surface area contributed by atoms with Crippen molar-refractivity contribution >= 4 is 44.2 Å². The summed E-state index contributed by atoms with van der Waals surface area (Å²) >= 11 is 1.36. The highest BCUT2D eigenvalue weighted by molar-refractivity contribution is 7.22. The fourth-order valence-electron chi connectivity index (χ4n) is 2.72. The summed E-state index contributed by atoms with van der Waals surface area (Å²) in [5, 5.41) is 15.0. The first-order chi connectivity index (χ1) is 14.1. The van der Waals surface area contributed by atoms with Crippen molar-refractivity contribution < 1.29 is 9.59 Å². The first-order valence-corrected chi connectivity index (χ1v) is 9.52. The smallest absolute Gasteiger partial charge is 0.257 e. The highest BCUT2D eigenvalue weighted by atomic mass is 32.1. The maximum Gasteiger partial charge on any atom is 0.257 e. The number of nitriles is 1. The number of carbonyl (C=O) groups is 2. The average Bonchev–Trinajstić information content (AvgIpc) is 3.15. The Morgan fingerprint density at radius 3 is 2.28 bits per heavy atom. The van der Waals surface area contributed by atoms with Crippen molar-refractivity contribution in [2.24, 2.45) is 0 Å². The van der Waals surface area contributed by atoms with Gasteiger partial charge >= 0.3 is 0 Å². The Balaban J connectivity index is 1.50. The lowest BCUT2D eigenvalue weighted by molar-refractivity contribution is 0.101. The molecule has 2 N–H and O–H groups in total. The fraction of sp³-hybridized carbons (Fsp3) is 0. The lowest BCUT2D eigenvalue weighted by Gasteiger charge is -2.05. The second-order valence-electron chi connectivity index (χ2n) is 6.16. The predicted octanol–water partition coefficient (Wildman–Crippen LogP) is 4.67. The first kappa shape index (κ1) is 18.3. The molecule has 1 heterocycles. The number of rotatable bonds is 4. The van der Waals surface area contributed by atoms with E-state index >= 15 is 0 Å². The van der Waals surface area contributed by atoms with Crippen molar-refractivity contribution in [3.05, 3.63) is 89.5 Å². The number of hydrogen-bond acceptors (Lipinski definition) is 5. The molecule has 2 amide bonds. The number of nitrogens with zero attached hydrogens (tertiary/aromatic N) is 2. The van der Waals surface area contributed by atoms with Gasteiger partial charge in [0.2, 0.25) is 0 Å². The van der Waals surface area contributed by atoms with Crippen molar-refractivity contribution in [3.63, 3.8) is 0 Å². The van der Waals surface area contributed by atoms with Gasteiger partial charge in [0.15, 0.2) is 5.13 Å². The number of thiazole rings is 1. The molecule has 29 heavy (non-hydrogen) atoms. The van der Waals surface area contributed by atoms with Crippen LogP contribution in [0.3, 0.4) is 0 Å². The van der Waals surface area contributed by atoms with Gasteiger partial charge in [-0.1, -0.05) is 29.5 Å². The molecule has 1 aromatic heterocycles. The maximum absolute atomic E-state index is 12.4. The molecule has 0 saturated carbocycles. The Labute approximate surface area is 170 Å². The molecule has 0 unspecified atom stereocenters. The molecule has 0 saturated heterocycles. The van der Waals surface area contributed by atoms with Crippen LogP contribution in [-0.4, -0.2) is 16.8 Å². The summed E-state index contributed by atoms with van der Waals surface area (Å²) in [5.74, 6) is -0.499. The van der Waals surface area contributed by atoms with Crippen molar-refractivity contribution in [2.75, 3.05) is 10.6 Å². The molecule has 6 nitrogen and oxygen atoms in total. The van der Waals surface area contributed by atoms with Crippen LogP contribution in [0.5, 0.6) is 0 Å². The molecule has 0 atom stereocenters. The van der Waals surface area contributed by atoms with Crippen molar-refractivity contribution in [1.29, 1.82) is 5.26 Å². The van der Waals surface area contributed by atoms with Gasteiger partial charge in [-0.05, 0) is 54.6 Å². The summed E-state index contributed by atoms with van der Waals surface area (Å²) < 4.78 is 0.893. The van der Waals surface area contributed by atoms with Crippen molar-refractivity contribution in [2.45, 2.75) is 0 Å². The Kier molecular flexibility index (Phi) is 5.01. The topological polar surface area (TPSA) is 94.9 Å². The van der Waals surface area contributed by atoms with E-state index in [1.807, 2.05) is 18.2 Å². The Bertz CT molecular complexity index is 1240. The third kappa shape index (κ3) is 4.13. The lowest BCUT2D eigenvalue weighted by Crippen LogP contribution is -2.11. The molecule has 4 aromatic rings.